The van der Waals surface area contributed by atoms with Crippen molar-refractivity contribution >= 4 is 46.7 Å². The minimum Gasteiger partial charge on any atom is -0.480 e. The fourth-order valence-corrected chi connectivity index (χ4v) is 3.24. The van der Waals surface area contributed by atoms with Crippen LogP contribution in [0.1, 0.15) is 18.4 Å². The van der Waals surface area contributed by atoms with Gasteiger partial charge >= 0.3 is 5.97 Å². The Morgan fingerprint density at radius 3 is 2.42 bits per heavy atom. The molecule has 0 saturated carbocycles. The Labute approximate surface area is 197 Å². The van der Waals surface area contributed by atoms with Crippen molar-refractivity contribution in [1.29, 1.82) is 0 Å². The van der Waals surface area contributed by atoms with Crippen LogP contribution >= 0.6 is 23.2 Å². The number of amides is 2. The lowest BCUT2D eigenvalue weighted by Gasteiger charge is -2.22. The Morgan fingerprint density at radius 1 is 1.09 bits per heavy atom. The zero-order chi connectivity index (χ0) is 24.0. The second-order valence-electron chi connectivity index (χ2n) is 6.92. The summed E-state index contributed by atoms with van der Waals surface area (Å²) in [6.45, 7) is 0. The van der Waals surface area contributed by atoms with Crippen LogP contribution in [0.2, 0.25) is 10.0 Å². The highest BCUT2D eigenvalue weighted by atomic mass is 35.5. The second-order valence-corrected chi connectivity index (χ2v) is 7.73. The lowest BCUT2D eigenvalue weighted by atomic mass is 10.1. The van der Waals surface area contributed by atoms with Crippen molar-refractivity contribution in [2.24, 2.45) is 0 Å². The minimum absolute atomic E-state index is 0.0380. The van der Waals surface area contributed by atoms with Gasteiger partial charge in [0, 0.05) is 19.3 Å². The molecule has 2 amide bonds. The molecule has 1 aromatic heterocycles. The molecule has 1 unspecified atom stereocenters. The number of benzene rings is 2. The van der Waals surface area contributed by atoms with Crippen molar-refractivity contribution in [2.75, 3.05) is 5.01 Å². The number of nitrogens with zero attached hydrogens (tertiary/aromatic N) is 4. The van der Waals surface area contributed by atoms with Crippen LogP contribution < -0.4 is 10.3 Å². The highest BCUT2D eigenvalue weighted by Gasteiger charge is 2.24. The largest absolute Gasteiger partial charge is 0.480 e. The number of rotatable bonds is 9. The molecule has 0 saturated heterocycles. The molecule has 0 aliphatic rings. The third-order valence-electron chi connectivity index (χ3n) is 4.55. The SMILES string of the molecule is O=C(CCC(=O)N(c1ccc(Cl)c(Cl)c1)n1ccnn1)NC(Cc1ccc(F)cc1)C(=O)O. The molecule has 3 aromatic rings. The lowest BCUT2D eigenvalue weighted by Crippen LogP contribution is -2.43. The summed E-state index contributed by atoms with van der Waals surface area (Å²) >= 11 is 12.0. The summed E-state index contributed by atoms with van der Waals surface area (Å²) < 4.78 is 13.1. The van der Waals surface area contributed by atoms with Gasteiger partial charge in [-0.15, -0.1) is 5.10 Å². The van der Waals surface area contributed by atoms with E-state index in [1.54, 1.807) is 6.07 Å². The summed E-state index contributed by atoms with van der Waals surface area (Å²) in [6.07, 6.45) is 2.23. The average Bonchev–Trinajstić information content (AvgIpc) is 3.30. The van der Waals surface area contributed by atoms with Crippen LogP contribution in [-0.2, 0) is 20.8 Å². The van der Waals surface area contributed by atoms with E-state index >= 15 is 0 Å². The summed E-state index contributed by atoms with van der Waals surface area (Å²) in [5.41, 5.74) is 0.886. The predicted octanol–water partition coefficient (Wildman–Crippen LogP) is 3.11. The third-order valence-corrected chi connectivity index (χ3v) is 5.29. The molecule has 0 bridgehead atoms. The van der Waals surface area contributed by atoms with E-state index in [1.807, 2.05) is 0 Å². The van der Waals surface area contributed by atoms with Crippen molar-refractivity contribution in [3.05, 3.63) is 76.3 Å². The molecule has 3 rings (SSSR count). The number of hydrogen-bond donors (Lipinski definition) is 2. The first-order valence-electron chi connectivity index (χ1n) is 9.66. The van der Waals surface area contributed by atoms with Gasteiger partial charge in [0.25, 0.3) is 0 Å². The van der Waals surface area contributed by atoms with Gasteiger partial charge in [-0.3, -0.25) is 9.59 Å². The van der Waals surface area contributed by atoms with Crippen molar-refractivity contribution < 1.29 is 23.9 Å². The smallest absolute Gasteiger partial charge is 0.326 e. The molecule has 0 aliphatic heterocycles. The van der Waals surface area contributed by atoms with Crippen molar-refractivity contribution in [2.45, 2.75) is 25.3 Å². The number of aromatic nitrogens is 3. The van der Waals surface area contributed by atoms with Crippen LogP contribution in [0.4, 0.5) is 10.1 Å². The molecular formula is C21H18Cl2FN5O4. The van der Waals surface area contributed by atoms with E-state index < -0.39 is 29.6 Å². The van der Waals surface area contributed by atoms with Gasteiger partial charge in [0.2, 0.25) is 11.8 Å². The predicted molar refractivity (Wildman–Crippen MR) is 118 cm³/mol. The van der Waals surface area contributed by atoms with E-state index in [1.165, 1.54) is 53.6 Å². The fourth-order valence-electron chi connectivity index (χ4n) is 2.95. The van der Waals surface area contributed by atoms with Crippen LogP contribution in [0.25, 0.3) is 0 Å². The number of carbonyl (C=O) groups excluding carboxylic acids is 2. The summed E-state index contributed by atoms with van der Waals surface area (Å²) in [5, 5.41) is 21.0. The quantitative estimate of drug-likeness (QED) is 0.472. The van der Waals surface area contributed by atoms with Crippen molar-refractivity contribution in [3.63, 3.8) is 0 Å². The topological polar surface area (TPSA) is 117 Å². The van der Waals surface area contributed by atoms with Crippen LogP contribution in [0.5, 0.6) is 0 Å². The summed E-state index contributed by atoms with van der Waals surface area (Å²) in [7, 11) is 0. The van der Waals surface area contributed by atoms with Gasteiger partial charge in [0.15, 0.2) is 0 Å². The highest BCUT2D eigenvalue weighted by Crippen LogP contribution is 2.28. The van der Waals surface area contributed by atoms with Crippen LogP contribution in [0.3, 0.4) is 0 Å². The number of nitrogens with one attached hydrogen (secondary N) is 1. The summed E-state index contributed by atoms with van der Waals surface area (Å²) in [4.78, 5) is 38.0. The molecule has 1 heterocycles. The first-order valence-corrected chi connectivity index (χ1v) is 10.4. The Balaban J connectivity index is 1.66. The molecule has 9 nitrogen and oxygen atoms in total. The summed E-state index contributed by atoms with van der Waals surface area (Å²) in [5.74, 6) is -2.85. The molecule has 0 spiro atoms. The molecular weight excluding hydrogens is 476 g/mol. The van der Waals surface area contributed by atoms with E-state index in [2.05, 4.69) is 15.6 Å². The lowest BCUT2D eigenvalue weighted by molar-refractivity contribution is -0.141. The number of carboxylic acid groups (broad SMARTS) is 1. The Bertz CT molecular complexity index is 1140. The normalized spacial score (nSPS) is 11.6. The standard InChI is InChI=1S/C21H18Cl2FN5O4/c22-16-6-5-15(12-17(16)23)29(28-10-9-25-27-28)20(31)8-7-19(30)26-18(21(32)33)11-13-1-3-14(24)4-2-13/h1-6,9-10,12,18H,7-8,11H2,(H,26,30)(H,32,33). The third kappa shape index (κ3) is 6.50. The van der Waals surface area contributed by atoms with Gasteiger partial charge in [-0.05, 0) is 41.1 Å². The Kier molecular flexibility index (Phi) is 7.96. The molecule has 0 aliphatic carbocycles. The maximum absolute atomic E-state index is 13.1. The number of halogens is 3. The Morgan fingerprint density at radius 2 is 1.82 bits per heavy atom. The van der Waals surface area contributed by atoms with Gasteiger partial charge < -0.3 is 10.4 Å². The zero-order valence-corrected chi connectivity index (χ0v) is 18.5. The number of aliphatic carboxylic acids is 1. The van der Waals surface area contributed by atoms with Crippen molar-refractivity contribution in [3.8, 4) is 0 Å². The van der Waals surface area contributed by atoms with E-state index in [-0.39, 0.29) is 24.3 Å². The minimum atomic E-state index is -1.25. The molecule has 12 heteroatoms. The monoisotopic (exact) mass is 493 g/mol. The van der Waals surface area contributed by atoms with Crippen LogP contribution in [0.15, 0.2) is 54.9 Å². The molecule has 172 valence electrons. The maximum atomic E-state index is 13.1. The first kappa shape index (κ1) is 24.1. The first-order chi connectivity index (χ1) is 15.7. The number of anilines is 1. The maximum Gasteiger partial charge on any atom is 0.326 e. The number of carboxylic acids is 1. The molecule has 0 fully saturated rings. The fraction of sp³-hybridized carbons (Fsp3) is 0.190. The van der Waals surface area contributed by atoms with Gasteiger partial charge in [-0.1, -0.05) is 35.3 Å². The van der Waals surface area contributed by atoms with E-state index in [0.29, 0.717) is 16.3 Å². The summed E-state index contributed by atoms with van der Waals surface area (Å²) in [6, 6.07) is 8.58. The molecule has 33 heavy (non-hydrogen) atoms. The highest BCUT2D eigenvalue weighted by molar-refractivity contribution is 6.42. The van der Waals surface area contributed by atoms with Gasteiger partial charge in [-0.2, -0.15) is 9.80 Å². The average molecular weight is 494 g/mol. The molecule has 2 N–H and O–H groups in total. The second kappa shape index (κ2) is 10.9. The number of carbonyl (C=O) groups is 3. The van der Waals surface area contributed by atoms with E-state index in [0.717, 1.165) is 5.01 Å². The molecule has 0 radical (unpaired) electrons. The molecule has 1 atom stereocenters. The van der Waals surface area contributed by atoms with E-state index in [4.69, 9.17) is 23.2 Å². The van der Waals surface area contributed by atoms with Gasteiger partial charge in [-0.25, -0.2) is 9.18 Å². The number of hydrogen-bond acceptors (Lipinski definition) is 5. The van der Waals surface area contributed by atoms with E-state index in [9.17, 15) is 23.9 Å². The van der Waals surface area contributed by atoms with Crippen LogP contribution in [0, 0.1) is 5.82 Å². The van der Waals surface area contributed by atoms with Gasteiger partial charge in [0.1, 0.15) is 11.9 Å². The zero-order valence-electron chi connectivity index (χ0n) is 17.0. The Hall–Kier alpha value is -3.50. The molecule has 2 aromatic carbocycles. The van der Waals surface area contributed by atoms with Crippen LogP contribution in [-0.4, -0.2) is 44.0 Å². The van der Waals surface area contributed by atoms with Crippen molar-refractivity contribution in [1.82, 2.24) is 20.4 Å². The van der Waals surface area contributed by atoms with Gasteiger partial charge in [0.05, 0.1) is 28.1 Å².